The Morgan fingerprint density at radius 2 is 2.15 bits per heavy atom. The van der Waals surface area contributed by atoms with Gasteiger partial charge in [0.1, 0.15) is 0 Å². The van der Waals surface area contributed by atoms with E-state index in [1.54, 1.807) is 0 Å². The minimum absolute atomic E-state index is 0.545. The summed E-state index contributed by atoms with van der Waals surface area (Å²) >= 11 is 14.4. The Balaban J connectivity index is 2.56. The smallest absolute Gasteiger partial charge is 0.0826 e. The lowest BCUT2D eigenvalue weighted by Gasteiger charge is -2.23. The zero-order valence-electron chi connectivity index (χ0n) is 6.78. The number of benzene rings is 1. The molecule has 0 saturated heterocycles. The van der Waals surface area contributed by atoms with Gasteiger partial charge in [-0.1, -0.05) is 51.9 Å². The van der Waals surface area contributed by atoms with Gasteiger partial charge in [0, 0.05) is 10.5 Å². The molecule has 0 aromatic heterocycles. The largest absolute Gasteiger partial charge is 0.383 e. The van der Waals surface area contributed by atoms with Gasteiger partial charge in [-0.3, -0.25) is 0 Å². The van der Waals surface area contributed by atoms with Crippen molar-refractivity contribution in [3.63, 3.8) is 0 Å². The maximum atomic E-state index is 6.08. The van der Waals surface area contributed by atoms with Crippen LogP contribution in [0.2, 0.25) is 10.0 Å². The van der Waals surface area contributed by atoms with E-state index in [-0.39, 0.29) is 0 Å². The summed E-state index contributed by atoms with van der Waals surface area (Å²) < 4.78 is 0.545. The van der Waals surface area contributed by atoms with E-state index in [0.29, 0.717) is 14.0 Å². The Morgan fingerprint density at radius 1 is 1.38 bits per heavy atom. The number of hydrogen-bond donors (Lipinski definition) is 1. The molecule has 0 radical (unpaired) electrons. The number of fused-ring (bicyclic) bond motifs is 1. The van der Waals surface area contributed by atoms with Crippen LogP contribution in [0.4, 0.5) is 5.69 Å². The van der Waals surface area contributed by atoms with Gasteiger partial charge in [-0.05, 0) is 18.1 Å². The van der Waals surface area contributed by atoms with Crippen LogP contribution in [0.1, 0.15) is 15.9 Å². The number of halogens is 3. The van der Waals surface area contributed by atoms with Crippen molar-refractivity contribution in [2.24, 2.45) is 0 Å². The quantitative estimate of drug-likeness (QED) is 0.554. The van der Waals surface area contributed by atoms with Crippen molar-refractivity contribution in [1.82, 2.24) is 0 Å². The van der Waals surface area contributed by atoms with Crippen LogP contribution in [0.25, 0.3) is 0 Å². The van der Waals surface area contributed by atoms with E-state index in [1.165, 1.54) is 5.56 Å². The summed E-state index contributed by atoms with van der Waals surface area (Å²) in [6.45, 7) is 0.973. The average Bonchev–Trinajstić information content (AvgIpc) is 2.12. The topological polar surface area (TPSA) is 12.0 Å². The van der Waals surface area contributed by atoms with Crippen molar-refractivity contribution in [1.29, 1.82) is 0 Å². The van der Waals surface area contributed by atoms with Crippen molar-refractivity contribution in [3.05, 3.63) is 27.7 Å². The van der Waals surface area contributed by atoms with E-state index < -0.39 is 0 Å². The molecule has 0 spiro atoms. The fourth-order valence-corrected chi connectivity index (χ4v) is 2.71. The Hall–Kier alpha value is 0.330. The second kappa shape index (κ2) is 3.83. The van der Waals surface area contributed by atoms with Gasteiger partial charge in [0.15, 0.2) is 0 Å². The summed E-state index contributed by atoms with van der Waals surface area (Å²) in [7, 11) is 0. The molecule has 4 heteroatoms. The molecule has 13 heavy (non-hydrogen) atoms. The molecule has 1 unspecified atom stereocenters. The Morgan fingerprint density at radius 3 is 2.92 bits per heavy atom. The molecule has 0 saturated carbocycles. The van der Waals surface area contributed by atoms with E-state index in [4.69, 9.17) is 23.2 Å². The van der Waals surface area contributed by atoms with Gasteiger partial charge < -0.3 is 5.32 Å². The van der Waals surface area contributed by atoms with E-state index >= 15 is 0 Å². The third-order valence-electron chi connectivity index (χ3n) is 2.16. The second-order valence-corrected chi connectivity index (χ2v) is 5.30. The lowest BCUT2D eigenvalue weighted by Crippen LogP contribution is -2.13. The molecule has 1 nitrogen and oxygen atoms in total. The predicted octanol–water partition coefficient (Wildman–Crippen LogP) is 4.29. The highest BCUT2D eigenvalue weighted by atomic mass is 127. The zero-order valence-corrected chi connectivity index (χ0v) is 10.4. The molecule has 0 fully saturated rings. The van der Waals surface area contributed by atoms with E-state index in [2.05, 4.69) is 27.9 Å². The summed E-state index contributed by atoms with van der Waals surface area (Å²) in [5, 5.41) is 4.56. The molecule has 1 aliphatic heterocycles. The lowest BCUT2D eigenvalue weighted by molar-refractivity contribution is 0.835. The summed E-state index contributed by atoms with van der Waals surface area (Å²) in [4.78, 5) is 0. The molecule has 1 heterocycles. The first-order valence-electron chi connectivity index (χ1n) is 4.06. The molecule has 1 atom stereocenters. The fourth-order valence-electron chi connectivity index (χ4n) is 1.49. The molecular weight excluding hydrogens is 320 g/mol. The SMILES string of the molecule is Clc1ccc2c(c1Cl)NCCC2I. The second-order valence-electron chi connectivity index (χ2n) is 3.01. The summed E-state index contributed by atoms with van der Waals surface area (Å²) in [6.07, 6.45) is 1.14. The molecule has 1 N–H and O–H groups in total. The molecule has 2 rings (SSSR count). The van der Waals surface area contributed by atoms with Crippen LogP contribution in [0.3, 0.4) is 0 Å². The Kier molecular flexibility index (Phi) is 2.91. The Labute approximate surface area is 101 Å². The highest BCUT2D eigenvalue weighted by Crippen LogP contribution is 2.42. The number of nitrogens with one attached hydrogen (secondary N) is 1. The molecule has 1 aliphatic rings. The number of anilines is 1. The van der Waals surface area contributed by atoms with Crippen LogP contribution in [0, 0.1) is 0 Å². The van der Waals surface area contributed by atoms with Crippen LogP contribution in [-0.4, -0.2) is 6.54 Å². The van der Waals surface area contributed by atoms with Crippen molar-refractivity contribution in [2.45, 2.75) is 10.3 Å². The maximum Gasteiger partial charge on any atom is 0.0826 e. The summed E-state index contributed by atoms with van der Waals surface area (Å²) in [5.41, 5.74) is 2.28. The van der Waals surface area contributed by atoms with Crippen LogP contribution < -0.4 is 5.32 Å². The first-order valence-corrected chi connectivity index (χ1v) is 6.06. The van der Waals surface area contributed by atoms with Gasteiger partial charge in [-0.15, -0.1) is 0 Å². The number of hydrogen-bond acceptors (Lipinski definition) is 1. The minimum atomic E-state index is 0.545. The van der Waals surface area contributed by atoms with E-state index in [0.717, 1.165) is 18.7 Å². The third kappa shape index (κ3) is 1.76. The first-order chi connectivity index (χ1) is 6.20. The van der Waals surface area contributed by atoms with Crippen molar-refractivity contribution in [3.8, 4) is 0 Å². The summed E-state index contributed by atoms with van der Waals surface area (Å²) in [5.74, 6) is 0. The lowest BCUT2D eigenvalue weighted by atomic mass is 10.0. The minimum Gasteiger partial charge on any atom is -0.383 e. The zero-order chi connectivity index (χ0) is 9.42. The molecule has 70 valence electrons. The summed E-state index contributed by atoms with van der Waals surface area (Å²) in [6, 6.07) is 3.91. The van der Waals surface area contributed by atoms with Crippen LogP contribution >= 0.6 is 45.8 Å². The van der Waals surface area contributed by atoms with Gasteiger partial charge in [0.25, 0.3) is 0 Å². The molecule has 1 aromatic carbocycles. The molecule has 0 aliphatic carbocycles. The monoisotopic (exact) mass is 327 g/mol. The highest BCUT2D eigenvalue weighted by molar-refractivity contribution is 14.1. The fraction of sp³-hybridized carbons (Fsp3) is 0.333. The standard InChI is InChI=1S/C9H8Cl2IN/c10-6-2-1-5-7(12)3-4-13-9(5)8(6)11/h1-2,7,13H,3-4H2. The maximum absolute atomic E-state index is 6.08. The molecule has 0 amide bonds. The average molecular weight is 328 g/mol. The van der Waals surface area contributed by atoms with Gasteiger partial charge in [-0.25, -0.2) is 0 Å². The van der Waals surface area contributed by atoms with Gasteiger partial charge >= 0.3 is 0 Å². The Bertz CT molecular complexity index is 341. The normalized spacial score (nSPS) is 20.7. The molecule has 1 aromatic rings. The van der Waals surface area contributed by atoms with E-state index in [9.17, 15) is 0 Å². The van der Waals surface area contributed by atoms with E-state index in [1.807, 2.05) is 12.1 Å². The van der Waals surface area contributed by atoms with Gasteiger partial charge in [0.2, 0.25) is 0 Å². The van der Waals surface area contributed by atoms with Crippen molar-refractivity contribution < 1.29 is 0 Å². The molecular formula is C9H8Cl2IN. The van der Waals surface area contributed by atoms with Crippen molar-refractivity contribution in [2.75, 3.05) is 11.9 Å². The van der Waals surface area contributed by atoms with Crippen LogP contribution in [0.5, 0.6) is 0 Å². The predicted molar refractivity (Wildman–Crippen MR) is 66.3 cm³/mol. The first kappa shape index (κ1) is 9.87. The number of alkyl halides is 1. The van der Waals surface area contributed by atoms with Crippen LogP contribution in [-0.2, 0) is 0 Å². The third-order valence-corrected chi connectivity index (χ3v) is 4.26. The molecule has 0 bridgehead atoms. The number of rotatable bonds is 0. The van der Waals surface area contributed by atoms with Crippen molar-refractivity contribution >= 4 is 51.5 Å². The van der Waals surface area contributed by atoms with Gasteiger partial charge in [0.05, 0.1) is 15.7 Å². The van der Waals surface area contributed by atoms with Gasteiger partial charge in [-0.2, -0.15) is 0 Å². The highest BCUT2D eigenvalue weighted by Gasteiger charge is 2.20. The van der Waals surface area contributed by atoms with Crippen LogP contribution in [0.15, 0.2) is 12.1 Å².